The van der Waals surface area contributed by atoms with E-state index >= 15 is 0 Å². The molecular formula is C13H18FN3O2S. The summed E-state index contributed by atoms with van der Waals surface area (Å²) in [6.45, 7) is 3.02. The van der Waals surface area contributed by atoms with Crippen molar-refractivity contribution in [3.05, 3.63) is 24.3 Å². The van der Waals surface area contributed by atoms with Gasteiger partial charge in [0.1, 0.15) is 6.67 Å². The van der Waals surface area contributed by atoms with Crippen LogP contribution in [0.4, 0.5) is 10.1 Å². The number of nitrogens with one attached hydrogen (secondary N) is 3. The van der Waals surface area contributed by atoms with E-state index in [1.54, 1.807) is 26.0 Å². The average molecular weight is 299 g/mol. The van der Waals surface area contributed by atoms with Crippen molar-refractivity contribution in [2.45, 2.75) is 24.3 Å². The van der Waals surface area contributed by atoms with Gasteiger partial charge < -0.3 is 10.6 Å². The molecule has 20 heavy (non-hydrogen) atoms. The first-order valence-electron chi connectivity index (χ1n) is 6.04. The summed E-state index contributed by atoms with van der Waals surface area (Å²) in [5.74, 6) is -0.297. The molecule has 0 aliphatic carbocycles. The molecule has 0 heterocycles. The van der Waals surface area contributed by atoms with Gasteiger partial charge in [-0.05, 0) is 50.1 Å². The van der Waals surface area contributed by atoms with Crippen molar-refractivity contribution in [1.29, 1.82) is 0 Å². The molecule has 110 valence electrons. The van der Waals surface area contributed by atoms with Crippen molar-refractivity contribution in [3.8, 4) is 0 Å². The van der Waals surface area contributed by atoms with Gasteiger partial charge in [0.15, 0.2) is 0 Å². The minimum Gasteiger partial charge on any atom is -0.350 e. The SMILES string of the molecule is CC(C)(CF)NSc1ccc(NC(=O)CNC=O)cc1. The van der Waals surface area contributed by atoms with E-state index < -0.39 is 12.2 Å². The quantitative estimate of drug-likeness (QED) is 0.505. The summed E-state index contributed by atoms with van der Waals surface area (Å²) >= 11 is 1.33. The number of hydrogen-bond acceptors (Lipinski definition) is 4. The fourth-order valence-corrected chi connectivity index (χ4v) is 1.89. The molecule has 0 spiro atoms. The highest BCUT2D eigenvalue weighted by Gasteiger charge is 2.16. The lowest BCUT2D eigenvalue weighted by Crippen LogP contribution is -2.36. The van der Waals surface area contributed by atoms with Crippen molar-refractivity contribution in [1.82, 2.24) is 10.0 Å². The molecule has 1 aromatic carbocycles. The third-order valence-electron chi connectivity index (χ3n) is 2.26. The van der Waals surface area contributed by atoms with Crippen LogP contribution in [-0.2, 0) is 9.59 Å². The highest BCUT2D eigenvalue weighted by Crippen LogP contribution is 2.20. The van der Waals surface area contributed by atoms with Gasteiger partial charge in [0, 0.05) is 10.6 Å². The molecule has 0 aliphatic heterocycles. The molecular weight excluding hydrogens is 281 g/mol. The van der Waals surface area contributed by atoms with Crippen molar-refractivity contribution in [3.63, 3.8) is 0 Å². The fourth-order valence-electron chi connectivity index (χ4n) is 1.17. The Morgan fingerprint density at radius 3 is 2.55 bits per heavy atom. The fraction of sp³-hybridized carbons (Fsp3) is 0.385. The lowest BCUT2D eigenvalue weighted by molar-refractivity contribution is -0.118. The number of amides is 2. The molecule has 7 heteroatoms. The second kappa shape index (κ2) is 7.86. The van der Waals surface area contributed by atoms with Crippen LogP contribution in [0.25, 0.3) is 0 Å². The molecule has 3 N–H and O–H groups in total. The number of hydrogen-bond donors (Lipinski definition) is 3. The number of alkyl halides is 1. The second-order valence-electron chi connectivity index (χ2n) is 4.79. The van der Waals surface area contributed by atoms with Crippen LogP contribution in [0.2, 0.25) is 0 Å². The maximum Gasteiger partial charge on any atom is 0.243 e. The molecule has 0 unspecified atom stereocenters. The van der Waals surface area contributed by atoms with Crippen LogP contribution in [0, 0.1) is 0 Å². The Morgan fingerprint density at radius 1 is 1.35 bits per heavy atom. The van der Waals surface area contributed by atoms with Crippen LogP contribution in [-0.4, -0.2) is 31.1 Å². The molecule has 2 amide bonds. The van der Waals surface area contributed by atoms with Crippen LogP contribution in [0.3, 0.4) is 0 Å². The van der Waals surface area contributed by atoms with E-state index in [9.17, 15) is 14.0 Å². The van der Waals surface area contributed by atoms with Crippen molar-refractivity contribution < 1.29 is 14.0 Å². The molecule has 1 rings (SSSR count). The molecule has 0 bridgehead atoms. The van der Waals surface area contributed by atoms with Gasteiger partial charge in [-0.2, -0.15) is 0 Å². The Bertz CT molecular complexity index is 451. The Labute approximate surface area is 121 Å². The minimum atomic E-state index is -0.585. The standard InChI is InChI=1S/C13H18FN3O2S/c1-13(2,8-14)17-20-11-5-3-10(4-6-11)16-12(19)7-15-9-18/h3-6,9,17H,7-8H2,1-2H3,(H,15,18)(H,16,19). The van der Waals surface area contributed by atoms with Crippen LogP contribution < -0.4 is 15.4 Å². The highest BCUT2D eigenvalue weighted by molar-refractivity contribution is 7.97. The summed E-state index contributed by atoms with van der Waals surface area (Å²) in [5.41, 5.74) is 0.0507. The summed E-state index contributed by atoms with van der Waals surface area (Å²) < 4.78 is 15.6. The number of halogens is 1. The Kier molecular flexibility index (Phi) is 6.47. The Hall–Kier alpha value is -1.60. The number of carbonyl (C=O) groups excluding carboxylic acids is 2. The largest absolute Gasteiger partial charge is 0.350 e. The summed E-state index contributed by atoms with van der Waals surface area (Å²) in [4.78, 5) is 22.3. The highest BCUT2D eigenvalue weighted by atomic mass is 32.2. The Balaban J connectivity index is 2.48. The van der Waals surface area contributed by atoms with Crippen LogP contribution in [0.15, 0.2) is 29.2 Å². The second-order valence-corrected chi connectivity index (χ2v) is 5.67. The van der Waals surface area contributed by atoms with Gasteiger partial charge in [-0.3, -0.25) is 14.3 Å². The first-order chi connectivity index (χ1) is 9.46. The van der Waals surface area contributed by atoms with E-state index in [4.69, 9.17) is 0 Å². The third-order valence-corrected chi connectivity index (χ3v) is 3.43. The lowest BCUT2D eigenvalue weighted by atomic mass is 10.1. The van der Waals surface area contributed by atoms with Gasteiger partial charge >= 0.3 is 0 Å². The lowest BCUT2D eigenvalue weighted by Gasteiger charge is -2.21. The number of rotatable bonds is 8. The van der Waals surface area contributed by atoms with Crippen molar-refractivity contribution >= 4 is 30.0 Å². The van der Waals surface area contributed by atoms with E-state index in [2.05, 4.69) is 15.4 Å². The summed E-state index contributed by atoms with van der Waals surface area (Å²) in [6.07, 6.45) is 0.470. The average Bonchev–Trinajstić information content (AvgIpc) is 2.44. The molecule has 0 fully saturated rings. The Morgan fingerprint density at radius 2 is 2.00 bits per heavy atom. The van der Waals surface area contributed by atoms with Crippen molar-refractivity contribution in [2.24, 2.45) is 0 Å². The van der Waals surface area contributed by atoms with E-state index in [0.717, 1.165) is 4.90 Å². The van der Waals surface area contributed by atoms with Gasteiger partial charge in [-0.1, -0.05) is 0 Å². The third kappa shape index (κ3) is 6.03. The zero-order valence-electron chi connectivity index (χ0n) is 11.4. The zero-order chi connectivity index (χ0) is 15.0. The molecule has 0 radical (unpaired) electrons. The summed E-state index contributed by atoms with van der Waals surface area (Å²) in [7, 11) is 0. The number of benzene rings is 1. The van der Waals surface area contributed by atoms with Gasteiger partial charge in [0.05, 0.1) is 12.1 Å². The molecule has 0 atom stereocenters. The minimum absolute atomic E-state index is 0.0632. The van der Waals surface area contributed by atoms with Gasteiger partial charge in [0.2, 0.25) is 12.3 Å². The monoisotopic (exact) mass is 299 g/mol. The first kappa shape index (κ1) is 16.5. The van der Waals surface area contributed by atoms with E-state index in [1.165, 1.54) is 11.9 Å². The number of carbonyl (C=O) groups is 2. The zero-order valence-corrected chi connectivity index (χ0v) is 12.2. The topological polar surface area (TPSA) is 70.2 Å². The van der Waals surface area contributed by atoms with Gasteiger partial charge in [-0.25, -0.2) is 4.39 Å². The van der Waals surface area contributed by atoms with E-state index in [-0.39, 0.29) is 12.5 Å². The smallest absolute Gasteiger partial charge is 0.243 e. The molecule has 0 saturated carbocycles. The maximum atomic E-state index is 12.6. The van der Waals surface area contributed by atoms with Crippen LogP contribution in [0.1, 0.15) is 13.8 Å². The summed E-state index contributed by atoms with van der Waals surface area (Å²) in [6, 6.07) is 7.11. The van der Waals surface area contributed by atoms with Gasteiger partial charge in [0.25, 0.3) is 0 Å². The molecule has 0 aliphatic rings. The van der Waals surface area contributed by atoms with Crippen molar-refractivity contribution in [2.75, 3.05) is 18.5 Å². The molecule has 1 aromatic rings. The van der Waals surface area contributed by atoms with E-state index in [0.29, 0.717) is 12.1 Å². The van der Waals surface area contributed by atoms with Crippen LogP contribution >= 0.6 is 11.9 Å². The predicted molar refractivity (Wildman–Crippen MR) is 78.2 cm³/mol. The molecule has 0 aromatic heterocycles. The predicted octanol–water partition coefficient (Wildman–Crippen LogP) is 1.72. The van der Waals surface area contributed by atoms with Crippen LogP contribution in [0.5, 0.6) is 0 Å². The summed E-state index contributed by atoms with van der Waals surface area (Å²) in [5, 5.41) is 4.92. The maximum absolute atomic E-state index is 12.6. The molecule has 0 saturated heterocycles. The first-order valence-corrected chi connectivity index (χ1v) is 6.85. The van der Waals surface area contributed by atoms with E-state index in [1.807, 2.05) is 12.1 Å². The number of anilines is 1. The normalized spacial score (nSPS) is 10.9. The molecule has 5 nitrogen and oxygen atoms in total. The van der Waals surface area contributed by atoms with Gasteiger partial charge in [-0.15, -0.1) is 0 Å².